The molecular weight excluding hydrogens is 523 g/mol. The summed E-state index contributed by atoms with van der Waals surface area (Å²) in [5.41, 5.74) is 0. The summed E-state index contributed by atoms with van der Waals surface area (Å²) in [5, 5.41) is 10.4. The molecule has 0 heterocycles. The number of aliphatic hydroxyl groups excluding tert-OH is 1. The highest BCUT2D eigenvalue weighted by Crippen LogP contribution is 2.25. The first-order chi connectivity index (χ1) is 15.8. The van der Waals surface area contributed by atoms with Gasteiger partial charge in [0.25, 0.3) is 0 Å². The molecule has 0 spiro atoms. The Balaban J connectivity index is 2.26. The molecule has 34 heavy (non-hydrogen) atoms. The van der Waals surface area contributed by atoms with Crippen molar-refractivity contribution < 1.29 is 26.7 Å². The molecule has 0 aliphatic rings. The maximum absolute atomic E-state index is 13.3. The number of aliphatic hydroxyl groups is 1. The van der Waals surface area contributed by atoms with Crippen molar-refractivity contribution in [3.8, 4) is 0 Å². The number of hydrogen-bond donors (Lipinski definition) is 1. The van der Waals surface area contributed by atoms with Crippen LogP contribution in [-0.2, 0) is 24.8 Å². The summed E-state index contributed by atoms with van der Waals surface area (Å²) >= 11 is 11.8. The highest BCUT2D eigenvalue weighted by atomic mass is 35.5. The number of ether oxygens (including phenoxy) is 1. The Hall–Kier alpha value is -1.24. The van der Waals surface area contributed by atoms with E-state index in [1.165, 1.54) is 60.9 Å². The van der Waals surface area contributed by atoms with Gasteiger partial charge in [-0.15, -0.1) is 0 Å². The molecule has 2 aromatic rings. The fourth-order valence-electron chi connectivity index (χ4n) is 3.40. The number of sulfonamides is 2. The summed E-state index contributed by atoms with van der Waals surface area (Å²) in [6.45, 7) is 2.94. The van der Waals surface area contributed by atoms with E-state index in [1.807, 2.05) is 0 Å². The van der Waals surface area contributed by atoms with Crippen molar-refractivity contribution in [3.63, 3.8) is 0 Å². The SMILES string of the molecule is CO[C@H](CN(C)S(=O)(=O)c1ccc(Cl)cc1)[C@@H](C)CN([C@@H](C)CO)S(=O)(=O)c1cccc(Cl)c1. The van der Waals surface area contributed by atoms with E-state index in [2.05, 4.69) is 0 Å². The van der Waals surface area contributed by atoms with Crippen LogP contribution in [0.4, 0.5) is 0 Å². The molecule has 0 radical (unpaired) electrons. The first-order valence-electron chi connectivity index (χ1n) is 10.5. The number of benzene rings is 2. The first-order valence-corrected chi connectivity index (χ1v) is 14.1. The number of nitrogens with zero attached hydrogens (tertiary/aromatic N) is 2. The normalized spacial score (nSPS) is 15.4. The van der Waals surface area contributed by atoms with Gasteiger partial charge in [-0.1, -0.05) is 36.2 Å². The summed E-state index contributed by atoms with van der Waals surface area (Å²) in [4.78, 5) is 0.0878. The van der Waals surface area contributed by atoms with Crippen LogP contribution in [0.15, 0.2) is 58.3 Å². The number of halogens is 2. The Morgan fingerprint density at radius 1 is 0.912 bits per heavy atom. The average molecular weight is 554 g/mol. The van der Waals surface area contributed by atoms with Gasteiger partial charge in [0.1, 0.15) is 0 Å². The smallest absolute Gasteiger partial charge is 0.243 e. The molecule has 12 heteroatoms. The van der Waals surface area contributed by atoms with Crippen LogP contribution in [0, 0.1) is 5.92 Å². The highest BCUT2D eigenvalue weighted by molar-refractivity contribution is 7.89. The predicted molar refractivity (Wildman–Crippen MR) is 133 cm³/mol. The Labute approximate surface area is 212 Å². The van der Waals surface area contributed by atoms with E-state index in [-0.39, 0.29) is 27.9 Å². The summed E-state index contributed by atoms with van der Waals surface area (Å²) in [5.74, 6) is -0.421. The third-order valence-electron chi connectivity index (χ3n) is 5.52. The molecule has 0 fully saturated rings. The van der Waals surface area contributed by atoms with E-state index >= 15 is 0 Å². The zero-order valence-electron chi connectivity index (χ0n) is 19.4. The van der Waals surface area contributed by atoms with Crippen molar-refractivity contribution in [2.75, 3.05) is 33.9 Å². The quantitative estimate of drug-likeness (QED) is 0.433. The minimum absolute atomic E-state index is 0.00361. The molecule has 1 N–H and O–H groups in total. The van der Waals surface area contributed by atoms with E-state index in [0.717, 1.165) is 4.31 Å². The van der Waals surface area contributed by atoms with Crippen LogP contribution in [-0.4, -0.2) is 76.6 Å². The Morgan fingerprint density at radius 3 is 2.06 bits per heavy atom. The number of hydrogen-bond acceptors (Lipinski definition) is 6. The molecule has 8 nitrogen and oxygen atoms in total. The lowest BCUT2D eigenvalue weighted by molar-refractivity contribution is 0.0360. The van der Waals surface area contributed by atoms with Crippen LogP contribution in [0.3, 0.4) is 0 Å². The Kier molecular flexibility index (Phi) is 10.3. The van der Waals surface area contributed by atoms with E-state index in [0.29, 0.717) is 5.02 Å². The molecule has 2 aromatic carbocycles. The fourth-order valence-corrected chi connectivity index (χ4v) is 6.73. The van der Waals surface area contributed by atoms with Crippen LogP contribution in [0.2, 0.25) is 10.0 Å². The predicted octanol–water partition coefficient (Wildman–Crippen LogP) is 3.34. The van der Waals surface area contributed by atoms with Gasteiger partial charge in [0.15, 0.2) is 0 Å². The number of rotatable bonds is 12. The van der Waals surface area contributed by atoms with Gasteiger partial charge in [0, 0.05) is 43.3 Å². The molecule has 0 amide bonds. The van der Waals surface area contributed by atoms with Gasteiger partial charge in [-0.3, -0.25) is 0 Å². The third-order valence-corrected chi connectivity index (χ3v) is 9.82. The second kappa shape index (κ2) is 12.1. The van der Waals surface area contributed by atoms with Crippen LogP contribution in [0.25, 0.3) is 0 Å². The molecule has 0 bridgehead atoms. The molecule has 0 aromatic heterocycles. The van der Waals surface area contributed by atoms with Gasteiger partial charge in [-0.05, 0) is 55.3 Å². The molecule has 2 rings (SSSR count). The van der Waals surface area contributed by atoms with E-state index in [4.69, 9.17) is 27.9 Å². The Bertz CT molecular complexity index is 1160. The molecule has 190 valence electrons. The number of methoxy groups -OCH3 is 1. The molecule has 0 saturated carbocycles. The lowest BCUT2D eigenvalue weighted by atomic mass is 10.0. The van der Waals surface area contributed by atoms with Crippen molar-refractivity contribution in [1.29, 1.82) is 0 Å². The van der Waals surface area contributed by atoms with Gasteiger partial charge < -0.3 is 9.84 Å². The van der Waals surface area contributed by atoms with Crippen molar-refractivity contribution in [2.24, 2.45) is 5.92 Å². The lowest BCUT2D eigenvalue weighted by Gasteiger charge is -2.33. The third kappa shape index (κ3) is 6.92. The largest absolute Gasteiger partial charge is 0.395 e. The monoisotopic (exact) mass is 552 g/mol. The number of likely N-dealkylation sites (N-methyl/N-ethyl adjacent to an activating group) is 1. The van der Waals surface area contributed by atoms with Crippen molar-refractivity contribution in [1.82, 2.24) is 8.61 Å². The van der Waals surface area contributed by atoms with Crippen LogP contribution in [0.1, 0.15) is 13.8 Å². The van der Waals surface area contributed by atoms with Gasteiger partial charge in [-0.2, -0.15) is 8.61 Å². The van der Waals surface area contributed by atoms with Crippen molar-refractivity contribution in [3.05, 3.63) is 58.6 Å². The van der Waals surface area contributed by atoms with Gasteiger partial charge in [0.05, 0.1) is 22.5 Å². The van der Waals surface area contributed by atoms with Crippen LogP contribution < -0.4 is 0 Å². The maximum atomic E-state index is 13.3. The molecule has 0 aliphatic heterocycles. The molecular formula is C22H30Cl2N2O6S2. The second-order valence-corrected chi connectivity index (χ2v) is 12.9. The molecule has 0 saturated heterocycles. The highest BCUT2D eigenvalue weighted by Gasteiger charge is 2.34. The van der Waals surface area contributed by atoms with Gasteiger partial charge >= 0.3 is 0 Å². The standard InChI is InChI=1S/C22H30Cl2N2O6S2/c1-16(13-26(17(2)15-27)34(30,31)21-7-5-6-19(24)12-21)22(32-4)14-25(3)33(28,29)20-10-8-18(23)9-11-20/h5-12,16-17,22,27H,13-15H2,1-4H3/t16-,17-,22+/m0/s1. The van der Waals surface area contributed by atoms with Crippen LogP contribution >= 0.6 is 23.2 Å². The summed E-state index contributed by atoms with van der Waals surface area (Å²) in [6.07, 6.45) is -0.630. The zero-order chi connectivity index (χ0) is 25.7. The van der Waals surface area contributed by atoms with E-state index < -0.39 is 44.7 Å². The molecule has 0 unspecified atom stereocenters. The Morgan fingerprint density at radius 2 is 1.53 bits per heavy atom. The van der Waals surface area contributed by atoms with Crippen molar-refractivity contribution in [2.45, 2.75) is 35.8 Å². The lowest BCUT2D eigenvalue weighted by Crippen LogP contribution is -2.47. The second-order valence-electron chi connectivity index (χ2n) is 8.05. The minimum Gasteiger partial charge on any atom is -0.395 e. The van der Waals surface area contributed by atoms with E-state index in [9.17, 15) is 21.9 Å². The topological polar surface area (TPSA) is 104 Å². The van der Waals surface area contributed by atoms with Gasteiger partial charge in [-0.25, -0.2) is 16.8 Å². The summed E-state index contributed by atoms with van der Waals surface area (Å²) in [7, 11) is -4.93. The summed E-state index contributed by atoms with van der Waals surface area (Å²) in [6, 6.07) is 11.0. The fraction of sp³-hybridized carbons (Fsp3) is 0.455. The maximum Gasteiger partial charge on any atom is 0.243 e. The molecule has 0 aliphatic carbocycles. The summed E-state index contributed by atoms with van der Waals surface area (Å²) < 4.78 is 60.4. The molecule has 3 atom stereocenters. The van der Waals surface area contributed by atoms with E-state index in [1.54, 1.807) is 19.9 Å². The van der Waals surface area contributed by atoms with Gasteiger partial charge in [0.2, 0.25) is 20.0 Å². The van der Waals surface area contributed by atoms with Crippen LogP contribution in [0.5, 0.6) is 0 Å². The average Bonchev–Trinajstić information content (AvgIpc) is 2.80. The minimum atomic E-state index is -3.99. The first kappa shape index (κ1) is 29.0. The van der Waals surface area contributed by atoms with Crippen molar-refractivity contribution >= 4 is 43.2 Å². The zero-order valence-corrected chi connectivity index (χ0v) is 22.6.